The van der Waals surface area contributed by atoms with Crippen LogP contribution < -0.4 is 9.64 Å². The third-order valence-electron chi connectivity index (χ3n) is 7.99. The molecule has 2 aliphatic rings. The fraction of sp³-hybridized carbons (Fsp3) is 0.286. The molecular formula is C35H35N3O4. The Morgan fingerprint density at radius 1 is 0.952 bits per heavy atom. The van der Waals surface area contributed by atoms with Crippen LogP contribution >= 0.6 is 0 Å². The number of aliphatic imine (C=N–C) groups is 1. The summed E-state index contributed by atoms with van der Waals surface area (Å²) in [5, 5.41) is 2.27. The number of ether oxygens (including phenoxy) is 2. The Hall–Kier alpha value is -4.49. The lowest BCUT2D eigenvalue weighted by Crippen LogP contribution is -2.43. The van der Waals surface area contributed by atoms with Gasteiger partial charge >= 0.3 is 0 Å². The molecule has 0 saturated carbocycles. The summed E-state index contributed by atoms with van der Waals surface area (Å²) in [6, 6.07) is 26.8. The number of morpholine rings is 1. The molecule has 0 spiro atoms. The van der Waals surface area contributed by atoms with Crippen molar-refractivity contribution in [2.24, 2.45) is 4.99 Å². The Labute approximate surface area is 246 Å². The minimum Gasteiger partial charge on any atom is -0.483 e. The predicted molar refractivity (Wildman–Crippen MR) is 166 cm³/mol. The van der Waals surface area contributed by atoms with E-state index in [1.54, 1.807) is 4.90 Å². The highest BCUT2D eigenvalue weighted by Gasteiger charge is 2.19. The summed E-state index contributed by atoms with van der Waals surface area (Å²) >= 11 is 0. The molecule has 42 heavy (non-hydrogen) atoms. The molecule has 0 atom stereocenters. The zero-order valence-corrected chi connectivity index (χ0v) is 24.1. The average molecular weight is 562 g/mol. The summed E-state index contributed by atoms with van der Waals surface area (Å²) in [5.74, 6) is 0.688. The Kier molecular flexibility index (Phi) is 8.02. The Balaban J connectivity index is 1.06. The number of nitrogens with zero attached hydrogens (tertiary/aromatic N) is 3. The minimum absolute atomic E-state index is 0.0216. The number of fused-ring (bicyclic) bond motifs is 2. The van der Waals surface area contributed by atoms with Crippen LogP contribution in [0, 0.1) is 6.92 Å². The van der Waals surface area contributed by atoms with E-state index in [4.69, 9.17) is 14.5 Å². The van der Waals surface area contributed by atoms with Gasteiger partial charge in [0, 0.05) is 38.7 Å². The summed E-state index contributed by atoms with van der Waals surface area (Å²) in [7, 11) is 1.94. The normalized spacial score (nSPS) is 14.4. The van der Waals surface area contributed by atoms with Crippen LogP contribution in [0.3, 0.4) is 0 Å². The number of benzene rings is 4. The minimum atomic E-state index is -0.0507. The molecule has 0 aromatic heterocycles. The van der Waals surface area contributed by atoms with E-state index in [9.17, 15) is 9.59 Å². The van der Waals surface area contributed by atoms with Crippen molar-refractivity contribution >= 4 is 39.5 Å². The first-order valence-corrected chi connectivity index (χ1v) is 14.4. The van der Waals surface area contributed by atoms with E-state index in [2.05, 4.69) is 54.6 Å². The fourth-order valence-electron chi connectivity index (χ4n) is 5.54. The van der Waals surface area contributed by atoms with Crippen LogP contribution in [0.25, 0.3) is 10.8 Å². The summed E-state index contributed by atoms with van der Waals surface area (Å²) in [4.78, 5) is 34.1. The number of carbonyl (C=O) groups is 2. The molecular weight excluding hydrogens is 526 g/mol. The lowest BCUT2D eigenvalue weighted by Gasteiger charge is -2.26. The van der Waals surface area contributed by atoms with Gasteiger partial charge in [0.15, 0.2) is 12.4 Å². The number of hydrogen-bond donors (Lipinski definition) is 0. The molecule has 7 nitrogen and oxygen atoms in total. The van der Waals surface area contributed by atoms with Crippen molar-refractivity contribution in [1.29, 1.82) is 0 Å². The Morgan fingerprint density at radius 2 is 1.74 bits per heavy atom. The van der Waals surface area contributed by atoms with E-state index in [0.29, 0.717) is 38.5 Å². The first kappa shape index (κ1) is 27.7. The van der Waals surface area contributed by atoms with Gasteiger partial charge in [-0.2, -0.15) is 0 Å². The number of para-hydroxylation sites is 1. The van der Waals surface area contributed by atoms with Gasteiger partial charge < -0.3 is 19.3 Å². The molecule has 0 radical (unpaired) electrons. The van der Waals surface area contributed by atoms with Crippen molar-refractivity contribution in [3.63, 3.8) is 0 Å². The highest BCUT2D eigenvalue weighted by atomic mass is 16.5. The standard InChI is InChI=1S/C35H35N3O4/c1-24-7-8-25(18-34(24)42-23-35(40)38-13-15-41-16-14-38)17-31(39)22-37(2)30-12-11-26-19-29(10-9-27(26)20-30)33-21-28-5-3-4-6-32(28)36-33/h3-12,18-20H,13-17,21-23H2,1-2H3. The SMILES string of the molecule is Cc1ccc(CC(=O)CN(C)c2ccc3cc(C4=Nc5ccccc5C4)ccc3c2)cc1OCC(=O)N1CCOCC1. The third-order valence-corrected chi connectivity index (χ3v) is 7.99. The first-order chi connectivity index (χ1) is 20.4. The molecule has 4 aromatic rings. The molecule has 4 aromatic carbocycles. The van der Waals surface area contributed by atoms with Crippen molar-refractivity contribution in [2.75, 3.05) is 51.4 Å². The van der Waals surface area contributed by atoms with E-state index in [1.807, 2.05) is 43.1 Å². The summed E-state index contributed by atoms with van der Waals surface area (Å²) in [5.41, 5.74) is 7.35. The van der Waals surface area contributed by atoms with Gasteiger partial charge in [-0.05, 0) is 70.3 Å². The van der Waals surface area contributed by atoms with Gasteiger partial charge in [-0.25, -0.2) is 0 Å². The lowest BCUT2D eigenvalue weighted by molar-refractivity contribution is -0.137. The van der Waals surface area contributed by atoms with Gasteiger partial charge in [0.25, 0.3) is 5.91 Å². The number of hydrogen-bond acceptors (Lipinski definition) is 6. The lowest BCUT2D eigenvalue weighted by atomic mass is 10.0. The van der Waals surface area contributed by atoms with Gasteiger partial charge in [-0.3, -0.25) is 14.6 Å². The quantitative estimate of drug-likeness (QED) is 0.277. The largest absolute Gasteiger partial charge is 0.483 e. The van der Waals surface area contributed by atoms with Crippen molar-refractivity contribution in [3.05, 3.63) is 101 Å². The average Bonchev–Trinajstić information content (AvgIpc) is 3.45. The molecule has 214 valence electrons. The van der Waals surface area contributed by atoms with Crippen LogP contribution in [-0.4, -0.2) is 68.8 Å². The molecule has 2 heterocycles. The molecule has 6 rings (SSSR count). The number of likely N-dealkylation sites (N-methyl/N-ethyl adjacent to an activating group) is 1. The predicted octanol–water partition coefficient (Wildman–Crippen LogP) is 5.31. The number of aryl methyl sites for hydroxylation is 1. The number of anilines is 1. The van der Waals surface area contributed by atoms with Crippen LogP contribution in [0.5, 0.6) is 5.75 Å². The van der Waals surface area contributed by atoms with E-state index >= 15 is 0 Å². The highest BCUT2D eigenvalue weighted by Crippen LogP contribution is 2.30. The number of ketones is 1. The molecule has 7 heteroatoms. The first-order valence-electron chi connectivity index (χ1n) is 14.4. The van der Waals surface area contributed by atoms with Crippen LogP contribution in [-0.2, 0) is 27.2 Å². The molecule has 2 aliphatic heterocycles. The van der Waals surface area contributed by atoms with Gasteiger partial charge in [0.1, 0.15) is 5.75 Å². The second-order valence-corrected chi connectivity index (χ2v) is 11.1. The molecule has 1 saturated heterocycles. The van der Waals surface area contributed by atoms with Gasteiger partial charge in [0.2, 0.25) is 0 Å². The fourth-order valence-corrected chi connectivity index (χ4v) is 5.54. The molecule has 0 aliphatic carbocycles. The number of amides is 1. The van der Waals surface area contributed by atoms with E-state index in [1.165, 1.54) is 5.56 Å². The monoisotopic (exact) mass is 561 g/mol. The highest BCUT2D eigenvalue weighted by molar-refractivity contribution is 6.08. The zero-order chi connectivity index (χ0) is 29.1. The van der Waals surface area contributed by atoms with Crippen LogP contribution in [0.2, 0.25) is 0 Å². The number of rotatable bonds is 9. The Morgan fingerprint density at radius 3 is 2.57 bits per heavy atom. The van der Waals surface area contributed by atoms with E-state index in [-0.39, 0.29) is 24.8 Å². The maximum Gasteiger partial charge on any atom is 0.260 e. The Bertz CT molecular complexity index is 1670. The number of carbonyl (C=O) groups excluding carboxylic acids is 2. The molecule has 0 N–H and O–H groups in total. The molecule has 1 amide bonds. The van der Waals surface area contributed by atoms with Gasteiger partial charge in [-0.15, -0.1) is 0 Å². The van der Waals surface area contributed by atoms with E-state index in [0.717, 1.165) is 51.0 Å². The maximum atomic E-state index is 13.0. The van der Waals surface area contributed by atoms with Crippen molar-refractivity contribution in [2.45, 2.75) is 19.8 Å². The van der Waals surface area contributed by atoms with Crippen LogP contribution in [0.4, 0.5) is 11.4 Å². The van der Waals surface area contributed by atoms with E-state index < -0.39 is 0 Å². The van der Waals surface area contributed by atoms with Crippen molar-refractivity contribution in [3.8, 4) is 5.75 Å². The summed E-state index contributed by atoms with van der Waals surface area (Å²) in [6.07, 6.45) is 1.14. The van der Waals surface area contributed by atoms with Crippen molar-refractivity contribution < 1.29 is 19.1 Å². The van der Waals surface area contributed by atoms with Gasteiger partial charge in [0.05, 0.1) is 31.2 Å². The number of Topliss-reactive ketones (excluding diaryl/α,β-unsaturated/α-hetero) is 1. The maximum absolute atomic E-state index is 13.0. The topological polar surface area (TPSA) is 71.4 Å². The molecule has 0 bridgehead atoms. The molecule has 0 unspecified atom stereocenters. The second kappa shape index (κ2) is 12.2. The van der Waals surface area contributed by atoms with Gasteiger partial charge in [-0.1, -0.05) is 48.5 Å². The van der Waals surface area contributed by atoms with Crippen molar-refractivity contribution in [1.82, 2.24) is 4.90 Å². The molecule has 1 fully saturated rings. The zero-order valence-electron chi connectivity index (χ0n) is 24.1. The smallest absolute Gasteiger partial charge is 0.260 e. The third kappa shape index (κ3) is 6.21. The van der Waals surface area contributed by atoms with Crippen LogP contribution in [0.1, 0.15) is 22.3 Å². The summed E-state index contributed by atoms with van der Waals surface area (Å²) in [6.45, 7) is 4.51. The van der Waals surface area contributed by atoms with Crippen LogP contribution in [0.15, 0.2) is 83.9 Å². The summed E-state index contributed by atoms with van der Waals surface area (Å²) < 4.78 is 11.2. The second-order valence-electron chi connectivity index (χ2n) is 11.1.